The van der Waals surface area contributed by atoms with Gasteiger partial charge >= 0.3 is 0 Å². The van der Waals surface area contributed by atoms with Crippen LogP contribution in [0.15, 0.2) is 54.0 Å². The van der Waals surface area contributed by atoms with Crippen LogP contribution in [0.5, 0.6) is 11.5 Å². The Morgan fingerprint density at radius 3 is 2.62 bits per heavy atom. The molecule has 7 heteroatoms. The third kappa shape index (κ3) is 5.40. The number of nitrogens with zero attached hydrogens (tertiary/aromatic N) is 1. The maximum atomic E-state index is 13.2. The van der Waals surface area contributed by atoms with Crippen molar-refractivity contribution < 1.29 is 23.5 Å². The van der Waals surface area contributed by atoms with Crippen molar-refractivity contribution in [3.8, 4) is 23.8 Å². The Bertz CT molecular complexity index is 1100. The first-order valence-corrected chi connectivity index (χ1v) is 10.7. The Hall–Kier alpha value is -3.50. The first kappa shape index (κ1) is 23.2. The van der Waals surface area contributed by atoms with E-state index in [4.69, 9.17) is 15.9 Å². The van der Waals surface area contributed by atoms with Crippen molar-refractivity contribution in [3.05, 3.63) is 76.5 Å². The molecule has 0 atom stereocenters. The Labute approximate surface area is 190 Å². The molecule has 5 nitrogen and oxygen atoms in total. The predicted octanol–water partition coefficient (Wildman–Crippen LogP) is 5.20. The van der Waals surface area contributed by atoms with Gasteiger partial charge in [0.15, 0.2) is 11.5 Å². The quantitative estimate of drug-likeness (QED) is 0.298. The van der Waals surface area contributed by atoms with E-state index in [1.165, 1.54) is 12.1 Å². The minimum Gasteiger partial charge on any atom is -0.490 e. The van der Waals surface area contributed by atoms with Crippen LogP contribution >= 0.6 is 11.8 Å². The maximum Gasteiger partial charge on any atom is 0.294 e. The van der Waals surface area contributed by atoms with E-state index in [1.54, 1.807) is 30.4 Å². The van der Waals surface area contributed by atoms with Gasteiger partial charge in [-0.25, -0.2) is 4.39 Å². The number of thioether (sulfide) groups is 1. The van der Waals surface area contributed by atoms with Crippen molar-refractivity contribution in [1.29, 1.82) is 0 Å². The van der Waals surface area contributed by atoms with E-state index >= 15 is 0 Å². The summed E-state index contributed by atoms with van der Waals surface area (Å²) in [6.45, 7) is 6.23. The lowest BCUT2D eigenvalue weighted by molar-refractivity contribution is -0.122. The molecular weight excluding hydrogens is 429 g/mol. The van der Waals surface area contributed by atoms with Gasteiger partial charge in [-0.15, -0.1) is 13.0 Å². The van der Waals surface area contributed by atoms with Gasteiger partial charge in [-0.1, -0.05) is 24.1 Å². The van der Waals surface area contributed by atoms with E-state index in [2.05, 4.69) is 12.5 Å². The lowest BCUT2D eigenvalue weighted by atomic mass is 10.0. The number of hydrogen-bond acceptors (Lipinski definition) is 5. The number of amides is 2. The highest BCUT2D eigenvalue weighted by Crippen LogP contribution is 2.37. The molecule has 2 aromatic carbocycles. The van der Waals surface area contributed by atoms with Crippen molar-refractivity contribution in [1.82, 2.24) is 4.90 Å². The summed E-state index contributed by atoms with van der Waals surface area (Å²) in [4.78, 5) is 25.9. The van der Waals surface area contributed by atoms with Gasteiger partial charge in [0.05, 0.1) is 18.1 Å². The zero-order valence-corrected chi connectivity index (χ0v) is 18.4. The number of halogens is 1. The van der Waals surface area contributed by atoms with Crippen molar-refractivity contribution >= 4 is 29.0 Å². The van der Waals surface area contributed by atoms with Gasteiger partial charge < -0.3 is 9.47 Å². The fourth-order valence-corrected chi connectivity index (χ4v) is 3.95. The lowest BCUT2D eigenvalue weighted by Gasteiger charge is -2.17. The molecule has 1 fully saturated rings. The van der Waals surface area contributed by atoms with Crippen LogP contribution in [-0.2, 0) is 17.8 Å². The summed E-state index contributed by atoms with van der Waals surface area (Å²) < 4.78 is 25.0. The second kappa shape index (κ2) is 10.7. The van der Waals surface area contributed by atoms with Gasteiger partial charge in [-0.3, -0.25) is 14.5 Å². The van der Waals surface area contributed by atoms with E-state index < -0.39 is 11.1 Å². The highest BCUT2D eigenvalue weighted by Gasteiger charge is 2.34. The van der Waals surface area contributed by atoms with Crippen LogP contribution in [0.1, 0.15) is 23.6 Å². The molecule has 0 radical (unpaired) electrons. The predicted molar refractivity (Wildman–Crippen MR) is 124 cm³/mol. The molecule has 1 aliphatic heterocycles. The second-order valence-electron chi connectivity index (χ2n) is 6.82. The van der Waals surface area contributed by atoms with E-state index in [9.17, 15) is 14.0 Å². The number of carbonyl (C=O) groups excluding carboxylic acids is 2. The molecule has 0 spiro atoms. The van der Waals surface area contributed by atoms with Crippen molar-refractivity contribution in [3.63, 3.8) is 0 Å². The van der Waals surface area contributed by atoms with Gasteiger partial charge in [-0.2, -0.15) is 0 Å². The Kier molecular flexibility index (Phi) is 7.74. The van der Waals surface area contributed by atoms with Gasteiger partial charge in [0, 0.05) is 5.56 Å². The number of terminal acetylenes is 1. The monoisotopic (exact) mass is 451 g/mol. The fourth-order valence-electron chi connectivity index (χ4n) is 3.12. The van der Waals surface area contributed by atoms with Crippen molar-refractivity contribution in [2.75, 3.05) is 13.2 Å². The molecule has 0 unspecified atom stereocenters. The third-order valence-corrected chi connectivity index (χ3v) is 5.44. The number of benzene rings is 2. The normalized spacial score (nSPS) is 14.5. The molecule has 164 valence electrons. The maximum absolute atomic E-state index is 13.2. The van der Waals surface area contributed by atoms with Crippen molar-refractivity contribution in [2.24, 2.45) is 0 Å². The Morgan fingerprint density at radius 1 is 1.22 bits per heavy atom. The minimum atomic E-state index is -0.419. The first-order valence-electron chi connectivity index (χ1n) is 9.93. The molecule has 2 amide bonds. The number of imide groups is 1. The van der Waals surface area contributed by atoms with Crippen LogP contribution in [0, 0.1) is 18.2 Å². The number of hydrogen-bond donors (Lipinski definition) is 0. The number of ether oxygens (including phenoxy) is 2. The Balaban J connectivity index is 1.94. The molecule has 3 rings (SSSR count). The number of carbonyl (C=O) groups is 2. The molecule has 32 heavy (non-hydrogen) atoms. The summed E-state index contributed by atoms with van der Waals surface area (Å²) in [6.07, 6.45) is 9.12. The molecule has 1 saturated heterocycles. The summed E-state index contributed by atoms with van der Waals surface area (Å²) in [5.41, 5.74) is 2.30. The third-order valence-electron chi connectivity index (χ3n) is 4.54. The summed E-state index contributed by atoms with van der Waals surface area (Å²) >= 11 is 0.848. The van der Waals surface area contributed by atoms with Crippen LogP contribution in [0.25, 0.3) is 6.08 Å². The smallest absolute Gasteiger partial charge is 0.294 e. The van der Waals surface area contributed by atoms with Gasteiger partial charge in [-0.05, 0) is 66.6 Å². The first-order chi connectivity index (χ1) is 15.5. The average Bonchev–Trinajstić information content (AvgIpc) is 3.02. The van der Waals surface area contributed by atoms with Gasteiger partial charge in [0.25, 0.3) is 11.1 Å². The molecule has 1 heterocycles. The average molecular weight is 452 g/mol. The fraction of sp³-hybridized carbons (Fsp3) is 0.200. The number of rotatable bonds is 9. The molecule has 0 saturated carbocycles. The SMILES string of the molecule is C#CCN1C(=O)S/C(=C\c2cc(CC=C)c(OCc3ccc(F)cc3)c(OCC)c2)C1=O. The zero-order valence-electron chi connectivity index (χ0n) is 17.6. The summed E-state index contributed by atoms with van der Waals surface area (Å²) in [5.74, 6) is 2.64. The van der Waals surface area contributed by atoms with Crippen LogP contribution in [-0.4, -0.2) is 29.2 Å². The molecule has 0 N–H and O–H groups in total. The van der Waals surface area contributed by atoms with Crippen molar-refractivity contribution in [2.45, 2.75) is 20.0 Å². The summed E-state index contributed by atoms with van der Waals surface area (Å²) in [7, 11) is 0. The molecule has 2 aromatic rings. The zero-order chi connectivity index (χ0) is 23.1. The minimum absolute atomic E-state index is 0.0654. The van der Waals surface area contributed by atoms with E-state index in [0.717, 1.165) is 27.8 Å². The van der Waals surface area contributed by atoms with Gasteiger partial charge in [0.1, 0.15) is 12.4 Å². The van der Waals surface area contributed by atoms with Crippen LogP contribution in [0.3, 0.4) is 0 Å². The van der Waals surface area contributed by atoms with Crippen LogP contribution < -0.4 is 9.47 Å². The van der Waals surface area contributed by atoms with Gasteiger partial charge in [0.2, 0.25) is 0 Å². The molecule has 0 bridgehead atoms. The largest absolute Gasteiger partial charge is 0.490 e. The van der Waals surface area contributed by atoms with Crippen LogP contribution in [0.4, 0.5) is 9.18 Å². The summed E-state index contributed by atoms with van der Waals surface area (Å²) in [6, 6.07) is 9.68. The molecule has 0 aromatic heterocycles. The highest BCUT2D eigenvalue weighted by molar-refractivity contribution is 8.18. The topological polar surface area (TPSA) is 55.8 Å². The standard InChI is InChI=1S/C25H22FNO4S/c1-4-7-19-13-18(15-22-24(28)27(12-5-2)25(29)32-22)14-21(30-6-3)23(19)31-16-17-8-10-20(26)11-9-17/h2,4,8-11,13-15H,1,6-7,12,16H2,3H3/b22-15-. The Morgan fingerprint density at radius 2 is 1.97 bits per heavy atom. The van der Waals surface area contributed by atoms with E-state index in [1.807, 2.05) is 13.0 Å². The summed E-state index contributed by atoms with van der Waals surface area (Å²) in [5, 5.41) is -0.394. The lowest BCUT2D eigenvalue weighted by Crippen LogP contribution is -2.28. The van der Waals surface area contributed by atoms with E-state index in [0.29, 0.717) is 30.1 Å². The number of allylic oxidation sites excluding steroid dienone is 1. The van der Waals surface area contributed by atoms with E-state index in [-0.39, 0.29) is 23.9 Å². The molecule has 0 aliphatic carbocycles. The highest BCUT2D eigenvalue weighted by atomic mass is 32.2. The molecular formula is C25H22FNO4S. The van der Waals surface area contributed by atoms with Crippen LogP contribution in [0.2, 0.25) is 0 Å². The second-order valence-corrected chi connectivity index (χ2v) is 7.81. The molecule has 1 aliphatic rings.